The van der Waals surface area contributed by atoms with Crippen LogP contribution in [-0.4, -0.2) is 52.6 Å². The van der Waals surface area contributed by atoms with Crippen molar-refractivity contribution in [3.63, 3.8) is 0 Å². The Morgan fingerprint density at radius 3 is 2.50 bits per heavy atom. The molecule has 1 aliphatic rings. The van der Waals surface area contributed by atoms with Gasteiger partial charge in [-0.2, -0.15) is 0 Å². The highest BCUT2D eigenvalue weighted by Crippen LogP contribution is 2.12. The maximum Gasteiger partial charge on any atom is 0.315 e. The summed E-state index contributed by atoms with van der Waals surface area (Å²) in [5.74, 6) is 0.211. The van der Waals surface area contributed by atoms with Gasteiger partial charge >= 0.3 is 6.03 Å². The number of urea groups is 1. The van der Waals surface area contributed by atoms with Gasteiger partial charge in [0.2, 0.25) is 0 Å². The van der Waals surface area contributed by atoms with Crippen molar-refractivity contribution in [1.29, 1.82) is 0 Å². The minimum Gasteiger partial charge on any atom is -0.378 e. The molecule has 0 unspecified atom stereocenters. The zero-order valence-electron chi connectivity index (χ0n) is 13.0. The van der Waals surface area contributed by atoms with Gasteiger partial charge < -0.3 is 15.5 Å². The Morgan fingerprint density at radius 2 is 1.95 bits per heavy atom. The van der Waals surface area contributed by atoms with Gasteiger partial charge in [-0.3, -0.25) is 0 Å². The van der Waals surface area contributed by atoms with Gasteiger partial charge in [-0.05, 0) is 30.5 Å². The molecule has 0 bridgehead atoms. The van der Waals surface area contributed by atoms with Crippen LogP contribution in [0, 0.1) is 0 Å². The fourth-order valence-corrected chi connectivity index (χ4v) is 4.10. The third kappa shape index (κ3) is 4.91. The van der Waals surface area contributed by atoms with Gasteiger partial charge in [0.1, 0.15) is 0 Å². The second-order valence-electron chi connectivity index (χ2n) is 5.81. The number of sulfone groups is 1. The summed E-state index contributed by atoms with van der Waals surface area (Å²) in [7, 11) is 1.02. The van der Waals surface area contributed by atoms with Crippen LogP contribution in [0.5, 0.6) is 0 Å². The van der Waals surface area contributed by atoms with Gasteiger partial charge in [0.15, 0.2) is 9.84 Å². The molecule has 0 aliphatic carbocycles. The van der Waals surface area contributed by atoms with Crippen LogP contribution in [0.3, 0.4) is 0 Å². The summed E-state index contributed by atoms with van der Waals surface area (Å²) in [6, 6.07) is 7.60. The molecule has 0 saturated carbocycles. The van der Waals surface area contributed by atoms with Gasteiger partial charge in [0.25, 0.3) is 0 Å². The Balaban J connectivity index is 1.71. The zero-order chi connectivity index (χ0) is 16.2. The summed E-state index contributed by atoms with van der Waals surface area (Å²) in [5.41, 5.74) is 2.28. The maximum absolute atomic E-state index is 11.7. The first kappa shape index (κ1) is 16.6. The summed E-state index contributed by atoms with van der Waals surface area (Å²) in [4.78, 5) is 13.8. The Morgan fingerprint density at radius 1 is 1.27 bits per heavy atom. The molecular formula is C15H23N3O3S. The molecule has 1 aromatic carbocycles. The minimum absolute atomic E-state index is 0.0480. The lowest BCUT2D eigenvalue weighted by molar-refractivity contribution is 0.238. The molecule has 1 aliphatic heterocycles. The van der Waals surface area contributed by atoms with Crippen molar-refractivity contribution in [2.75, 3.05) is 37.0 Å². The summed E-state index contributed by atoms with van der Waals surface area (Å²) in [5, 5.41) is 5.48. The highest BCUT2D eigenvalue weighted by Gasteiger charge is 2.28. The average molecular weight is 325 g/mol. The second-order valence-corrected chi connectivity index (χ2v) is 8.04. The molecule has 6 nitrogen and oxygen atoms in total. The van der Waals surface area contributed by atoms with E-state index in [4.69, 9.17) is 0 Å². The van der Waals surface area contributed by atoms with Crippen molar-refractivity contribution in [2.24, 2.45) is 0 Å². The van der Waals surface area contributed by atoms with E-state index in [9.17, 15) is 13.2 Å². The van der Waals surface area contributed by atoms with E-state index >= 15 is 0 Å². The number of benzene rings is 1. The molecule has 1 atom stereocenters. The lowest BCUT2D eigenvalue weighted by atomic mass is 10.1. The van der Waals surface area contributed by atoms with Crippen LogP contribution in [0.15, 0.2) is 24.3 Å². The van der Waals surface area contributed by atoms with Gasteiger partial charge in [0, 0.05) is 32.4 Å². The molecule has 0 spiro atoms. The Labute approximate surface area is 131 Å². The number of carbonyl (C=O) groups is 1. The third-order valence-electron chi connectivity index (χ3n) is 3.72. The topological polar surface area (TPSA) is 78.5 Å². The molecule has 1 fully saturated rings. The number of nitrogens with one attached hydrogen (secondary N) is 2. The van der Waals surface area contributed by atoms with E-state index in [0.29, 0.717) is 13.0 Å². The molecule has 1 saturated heterocycles. The largest absolute Gasteiger partial charge is 0.378 e. The van der Waals surface area contributed by atoms with Crippen molar-refractivity contribution >= 4 is 21.6 Å². The van der Waals surface area contributed by atoms with Crippen LogP contribution in [0.2, 0.25) is 0 Å². The van der Waals surface area contributed by atoms with Crippen LogP contribution in [0.4, 0.5) is 10.5 Å². The van der Waals surface area contributed by atoms with E-state index in [1.165, 1.54) is 0 Å². The first-order valence-electron chi connectivity index (χ1n) is 7.37. The van der Waals surface area contributed by atoms with Crippen LogP contribution >= 0.6 is 0 Å². The van der Waals surface area contributed by atoms with Crippen LogP contribution in [0.25, 0.3) is 0 Å². The van der Waals surface area contributed by atoms with Crippen molar-refractivity contribution in [2.45, 2.75) is 18.9 Å². The van der Waals surface area contributed by atoms with Crippen LogP contribution < -0.4 is 15.5 Å². The molecule has 2 amide bonds. The first-order chi connectivity index (χ1) is 10.4. The number of amides is 2. The second kappa shape index (κ2) is 7.00. The molecule has 0 aromatic heterocycles. The van der Waals surface area contributed by atoms with Crippen molar-refractivity contribution in [3.05, 3.63) is 29.8 Å². The number of hydrogen-bond donors (Lipinski definition) is 2. The lowest BCUT2D eigenvalue weighted by Gasteiger charge is -2.13. The molecule has 1 aromatic rings. The zero-order valence-corrected chi connectivity index (χ0v) is 13.8. The third-order valence-corrected chi connectivity index (χ3v) is 5.49. The van der Waals surface area contributed by atoms with E-state index < -0.39 is 9.84 Å². The molecule has 7 heteroatoms. The molecule has 22 heavy (non-hydrogen) atoms. The van der Waals surface area contributed by atoms with Crippen LogP contribution in [-0.2, 0) is 16.3 Å². The smallest absolute Gasteiger partial charge is 0.315 e. The average Bonchev–Trinajstić information content (AvgIpc) is 2.78. The quantitative estimate of drug-likeness (QED) is 0.839. The fourth-order valence-electron chi connectivity index (χ4n) is 2.43. The van der Waals surface area contributed by atoms with Gasteiger partial charge in [-0.25, -0.2) is 13.2 Å². The predicted molar refractivity (Wildman–Crippen MR) is 88.1 cm³/mol. The molecule has 122 valence electrons. The van der Waals surface area contributed by atoms with Gasteiger partial charge in [-0.1, -0.05) is 12.1 Å². The van der Waals surface area contributed by atoms with Crippen molar-refractivity contribution in [3.8, 4) is 0 Å². The molecular weight excluding hydrogens is 302 g/mol. The summed E-state index contributed by atoms with van der Waals surface area (Å²) >= 11 is 0. The van der Waals surface area contributed by atoms with Crippen LogP contribution in [0.1, 0.15) is 12.0 Å². The highest BCUT2D eigenvalue weighted by molar-refractivity contribution is 7.91. The van der Waals surface area contributed by atoms with E-state index in [2.05, 4.69) is 10.6 Å². The van der Waals surface area contributed by atoms with Crippen molar-refractivity contribution < 1.29 is 13.2 Å². The van der Waals surface area contributed by atoms with E-state index in [-0.39, 0.29) is 23.6 Å². The van der Waals surface area contributed by atoms with Crippen molar-refractivity contribution in [1.82, 2.24) is 10.6 Å². The molecule has 2 rings (SSSR count). The number of hydrogen-bond acceptors (Lipinski definition) is 4. The van der Waals surface area contributed by atoms with E-state index in [1.807, 2.05) is 43.3 Å². The number of anilines is 1. The fraction of sp³-hybridized carbons (Fsp3) is 0.533. The number of rotatable bonds is 5. The summed E-state index contributed by atoms with van der Waals surface area (Å²) in [6.45, 7) is 0.520. The SMILES string of the molecule is CN(C)c1ccc(CCNC(=O)N[C@@H]2CCS(=O)(=O)C2)cc1. The number of carbonyl (C=O) groups excluding carboxylic acids is 1. The maximum atomic E-state index is 11.7. The molecule has 0 radical (unpaired) electrons. The molecule has 1 heterocycles. The number of nitrogens with zero attached hydrogens (tertiary/aromatic N) is 1. The Bertz CT molecular complexity index is 611. The minimum atomic E-state index is -2.96. The monoisotopic (exact) mass is 325 g/mol. The van der Waals surface area contributed by atoms with E-state index in [0.717, 1.165) is 17.7 Å². The van der Waals surface area contributed by atoms with Gasteiger partial charge in [0.05, 0.1) is 11.5 Å². The summed E-state index contributed by atoms with van der Waals surface area (Å²) in [6.07, 6.45) is 1.24. The predicted octanol–water partition coefficient (Wildman–Crippen LogP) is 0.781. The first-order valence-corrected chi connectivity index (χ1v) is 9.19. The summed E-state index contributed by atoms with van der Waals surface area (Å²) < 4.78 is 22.6. The Hall–Kier alpha value is -1.76. The van der Waals surface area contributed by atoms with Gasteiger partial charge in [-0.15, -0.1) is 0 Å². The normalized spacial score (nSPS) is 19.6. The van der Waals surface area contributed by atoms with E-state index in [1.54, 1.807) is 0 Å². The standard InChI is InChI=1S/C15H23N3O3S/c1-18(2)14-5-3-12(4-6-14)7-9-16-15(19)17-13-8-10-22(20,21)11-13/h3-6,13H,7-11H2,1-2H3,(H2,16,17,19)/t13-/m1/s1. The lowest BCUT2D eigenvalue weighted by Crippen LogP contribution is -2.43. The molecule has 2 N–H and O–H groups in total. The highest BCUT2D eigenvalue weighted by atomic mass is 32.2. The Kier molecular flexibility index (Phi) is 5.28.